The first kappa shape index (κ1) is 11.0. The van der Waals surface area contributed by atoms with Gasteiger partial charge < -0.3 is 0 Å². The van der Waals surface area contributed by atoms with Crippen LogP contribution in [0.1, 0.15) is 11.4 Å². The van der Waals surface area contributed by atoms with Crippen LogP contribution in [0.5, 0.6) is 0 Å². The molecular formula is C10H8N6O. The molecule has 0 fully saturated rings. The quantitative estimate of drug-likeness (QED) is 0.339. The summed E-state index contributed by atoms with van der Waals surface area (Å²) in [5.41, 5.74) is 11.3. The summed E-state index contributed by atoms with van der Waals surface area (Å²) in [6.07, 6.45) is 0. The van der Waals surface area contributed by atoms with Crippen LogP contribution >= 0.6 is 0 Å². The van der Waals surface area contributed by atoms with Gasteiger partial charge in [-0.1, -0.05) is 5.11 Å². The highest BCUT2D eigenvalue weighted by atomic mass is 16.3. The van der Waals surface area contributed by atoms with E-state index in [4.69, 9.17) is 5.53 Å². The smallest absolute Gasteiger partial charge is 0.119 e. The molecule has 0 unspecified atom stereocenters. The maximum Gasteiger partial charge on any atom is 0.119 e. The molecule has 0 aliphatic heterocycles. The van der Waals surface area contributed by atoms with Gasteiger partial charge in [0.1, 0.15) is 5.69 Å². The fraction of sp³-hybridized carbons (Fsp3) is 0.200. The average molecular weight is 228 g/mol. The first-order valence-corrected chi connectivity index (χ1v) is 4.83. The lowest BCUT2D eigenvalue weighted by Crippen LogP contribution is -1.92. The van der Waals surface area contributed by atoms with E-state index in [0.717, 1.165) is 11.4 Å². The van der Waals surface area contributed by atoms with Gasteiger partial charge in [0.25, 0.3) is 0 Å². The molecule has 7 heteroatoms. The number of benzene rings is 1. The van der Waals surface area contributed by atoms with E-state index in [0.29, 0.717) is 11.0 Å². The summed E-state index contributed by atoms with van der Waals surface area (Å²) in [7, 11) is 0. The van der Waals surface area contributed by atoms with Crippen molar-refractivity contribution < 1.29 is 0 Å². The van der Waals surface area contributed by atoms with Crippen molar-refractivity contribution in [1.82, 2.24) is 9.97 Å². The lowest BCUT2D eigenvalue weighted by molar-refractivity contribution is 1.10. The van der Waals surface area contributed by atoms with Gasteiger partial charge in [0.05, 0.1) is 28.1 Å². The number of azide groups is 1. The van der Waals surface area contributed by atoms with Gasteiger partial charge in [0.15, 0.2) is 0 Å². The third kappa shape index (κ3) is 1.91. The predicted octanol–water partition coefficient (Wildman–Crippen LogP) is 3.59. The molecule has 0 aliphatic rings. The molecule has 0 aliphatic carbocycles. The zero-order valence-electron chi connectivity index (χ0n) is 9.25. The third-order valence-electron chi connectivity index (χ3n) is 2.42. The molecule has 0 N–H and O–H groups in total. The van der Waals surface area contributed by atoms with E-state index >= 15 is 0 Å². The molecule has 2 rings (SSSR count). The number of rotatable bonds is 2. The third-order valence-corrected chi connectivity index (χ3v) is 2.42. The van der Waals surface area contributed by atoms with E-state index < -0.39 is 0 Å². The molecule has 0 saturated carbocycles. The minimum atomic E-state index is 0.0628. The number of hydrogen-bond acceptors (Lipinski definition) is 5. The Balaban J connectivity index is 2.82. The fourth-order valence-electron chi connectivity index (χ4n) is 1.46. The van der Waals surface area contributed by atoms with Gasteiger partial charge in [0, 0.05) is 4.91 Å². The Morgan fingerprint density at radius 1 is 1.12 bits per heavy atom. The molecule has 1 aromatic carbocycles. The Morgan fingerprint density at radius 3 is 2.12 bits per heavy atom. The zero-order chi connectivity index (χ0) is 12.4. The zero-order valence-corrected chi connectivity index (χ0v) is 9.25. The van der Waals surface area contributed by atoms with Crippen LogP contribution in [-0.4, -0.2) is 9.97 Å². The van der Waals surface area contributed by atoms with Gasteiger partial charge in [-0.15, -0.1) is 4.91 Å². The van der Waals surface area contributed by atoms with Crippen molar-refractivity contribution in [2.24, 2.45) is 10.3 Å². The topological polar surface area (TPSA) is 104 Å². The largest absolute Gasteiger partial charge is 0.250 e. The van der Waals surface area contributed by atoms with E-state index in [2.05, 4.69) is 25.2 Å². The van der Waals surface area contributed by atoms with Crippen molar-refractivity contribution in [2.75, 3.05) is 0 Å². The fourth-order valence-corrected chi connectivity index (χ4v) is 1.46. The van der Waals surface area contributed by atoms with Crippen LogP contribution in [0.2, 0.25) is 0 Å². The highest BCUT2D eigenvalue weighted by Gasteiger charge is 2.07. The molecule has 0 saturated heterocycles. The Hall–Kier alpha value is -2.53. The number of hydrogen-bond donors (Lipinski definition) is 0. The molecule has 0 spiro atoms. The van der Waals surface area contributed by atoms with Crippen LogP contribution in [0.15, 0.2) is 22.4 Å². The minimum absolute atomic E-state index is 0.0628. The molecule has 2 aromatic rings. The number of nitrogens with zero attached hydrogens (tertiary/aromatic N) is 6. The van der Waals surface area contributed by atoms with Crippen LogP contribution in [0.4, 0.5) is 11.4 Å². The number of nitroso groups, excluding NO2 is 1. The predicted molar refractivity (Wildman–Crippen MR) is 63.3 cm³/mol. The highest BCUT2D eigenvalue weighted by Crippen LogP contribution is 2.31. The highest BCUT2D eigenvalue weighted by molar-refractivity contribution is 5.84. The van der Waals surface area contributed by atoms with E-state index in [-0.39, 0.29) is 11.4 Å². The summed E-state index contributed by atoms with van der Waals surface area (Å²) >= 11 is 0. The molecule has 17 heavy (non-hydrogen) atoms. The van der Waals surface area contributed by atoms with Crippen molar-refractivity contribution >= 4 is 22.4 Å². The van der Waals surface area contributed by atoms with Crippen LogP contribution in [0.25, 0.3) is 21.5 Å². The molecule has 0 amide bonds. The van der Waals surface area contributed by atoms with E-state index in [1.54, 1.807) is 0 Å². The maximum atomic E-state index is 10.6. The molecule has 7 nitrogen and oxygen atoms in total. The second kappa shape index (κ2) is 4.15. The Morgan fingerprint density at radius 2 is 1.65 bits per heavy atom. The maximum absolute atomic E-state index is 10.6. The summed E-state index contributed by atoms with van der Waals surface area (Å²) in [6.45, 7) is 3.66. The second-order valence-electron chi connectivity index (χ2n) is 3.50. The molecule has 1 aromatic heterocycles. The minimum Gasteiger partial charge on any atom is -0.250 e. The van der Waals surface area contributed by atoms with Crippen LogP contribution in [0, 0.1) is 18.8 Å². The van der Waals surface area contributed by atoms with Gasteiger partial charge >= 0.3 is 0 Å². The van der Waals surface area contributed by atoms with E-state index in [9.17, 15) is 4.91 Å². The van der Waals surface area contributed by atoms with Crippen molar-refractivity contribution in [3.05, 3.63) is 38.9 Å². The van der Waals surface area contributed by atoms with Gasteiger partial charge in [-0.3, -0.25) is 0 Å². The second-order valence-corrected chi connectivity index (χ2v) is 3.50. The van der Waals surface area contributed by atoms with Crippen molar-refractivity contribution in [3.63, 3.8) is 0 Å². The molecule has 84 valence electrons. The Bertz CT molecular complexity index is 659. The van der Waals surface area contributed by atoms with Crippen molar-refractivity contribution in [3.8, 4) is 0 Å². The molecule has 0 radical (unpaired) electrons. The van der Waals surface area contributed by atoms with E-state index in [1.807, 2.05) is 13.8 Å². The first-order chi connectivity index (χ1) is 8.15. The summed E-state index contributed by atoms with van der Waals surface area (Å²) in [5.74, 6) is 0. The van der Waals surface area contributed by atoms with Gasteiger partial charge in [0.2, 0.25) is 0 Å². The van der Waals surface area contributed by atoms with Crippen molar-refractivity contribution in [1.29, 1.82) is 0 Å². The van der Waals surface area contributed by atoms with Gasteiger partial charge in [-0.05, 0) is 36.7 Å². The monoisotopic (exact) mass is 228 g/mol. The van der Waals surface area contributed by atoms with Crippen LogP contribution in [-0.2, 0) is 0 Å². The summed E-state index contributed by atoms with van der Waals surface area (Å²) in [5, 5.41) is 6.21. The summed E-state index contributed by atoms with van der Waals surface area (Å²) < 4.78 is 0. The van der Waals surface area contributed by atoms with Gasteiger partial charge in [-0.25, -0.2) is 9.97 Å². The first-order valence-electron chi connectivity index (χ1n) is 4.83. The standard InChI is InChI=1S/C10H8N6O/c1-5-6(2)13-8-4-10(15-17)9(14-16-11)3-7(8)12-5/h3-4H,1-2H3. The Kier molecular flexibility index (Phi) is 2.68. The number of aromatic nitrogens is 2. The van der Waals surface area contributed by atoms with E-state index in [1.165, 1.54) is 12.1 Å². The molecule has 0 bridgehead atoms. The normalized spacial score (nSPS) is 10.0. The SMILES string of the molecule is Cc1nc2cc(N=O)c(N=[N+]=[N-])cc2nc1C. The summed E-state index contributed by atoms with van der Waals surface area (Å²) in [4.78, 5) is 21.8. The van der Waals surface area contributed by atoms with Crippen molar-refractivity contribution in [2.45, 2.75) is 13.8 Å². The lowest BCUT2D eigenvalue weighted by Gasteiger charge is -2.04. The molecule has 0 atom stereocenters. The Labute approximate surface area is 96.1 Å². The lowest BCUT2D eigenvalue weighted by atomic mass is 10.2. The average Bonchev–Trinajstić information content (AvgIpc) is 2.31. The summed E-state index contributed by atoms with van der Waals surface area (Å²) in [6, 6.07) is 2.97. The molecule has 1 heterocycles. The van der Waals surface area contributed by atoms with Gasteiger partial charge in [-0.2, -0.15) is 0 Å². The number of fused-ring (bicyclic) bond motifs is 1. The molecular weight excluding hydrogens is 220 g/mol. The van der Waals surface area contributed by atoms with Crippen LogP contribution < -0.4 is 0 Å². The number of aryl methyl sites for hydroxylation is 2. The van der Waals surface area contributed by atoms with Crippen LogP contribution in [0.3, 0.4) is 0 Å².